The third kappa shape index (κ3) is 4.23. The van der Waals surface area contributed by atoms with Crippen molar-refractivity contribution in [3.63, 3.8) is 0 Å². The molecule has 4 heteroatoms. The van der Waals surface area contributed by atoms with Gasteiger partial charge in [0.25, 0.3) is 0 Å². The maximum absolute atomic E-state index is 5.68. The predicted octanol–water partition coefficient (Wildman–Crippen LogP) is 2.76. The number of aromatic nitrogens is 2. The molecule has 1 aromatic heterocycles. The van der Waals surface area contributed by atoms with E-state index in [-0.39, 0.29) is 0 Å². The molecule has 0 spiro atoms. The molecule has 0 radical (unpaired) electrons. The summed E-state index contributed by atoms with van der Waals surface area (Å²) < 4.78 is 0. The third-order valence-corrected chi connectivity index (χ3v) is 2.56. The maximum Gasteiger partial charge on any atom is 0.142 e. The number of hydrogen-bond acceptors (Lipinski definition) is 3. The minimum absolute atomic E-state index is 0.460. The number of nitrogens with two attached hydrogens (primary N) is 1. The third-order valence-electron chi connectivity index (χ3n) is 2.56. The molecule has 0 aliphatic carbocycles. The molecule has 0 saturated heterocycles. The van der Waals surface area contributed by atoms with E-state index in [0.29, 0.717) is 11.9 Å². The first-order valence-corrected chi connectivity index (χ1v) is 5.79. The Morgan fingerprint density at radius 1 is 1.47 bits per heavy atom. The standard InChI is InChI=1S/C11H22N4/c1-3-4-5-6-7-9(2)14-10-8-13-15-11(10)12/h8-9,14H,3-7H2,1-2H3,(H3,12,13,15). The summed E-state index contributed by atoms with van der Waals surface area (Å²) in [6.45, 7) is 4.41. The number of aromatic amines is 1. The van der Waals surface area contributed by atoms with Crippen LogP contribution in [0.5, 0.6) is 0 Å². The van der Waals surface area contributed by atoms with Gasteiger partial charge in [-0.1, -0.05) is 32.6 Å². The highest BCUT2D eigenvalue weighted by molar-refractivity contribution is 5.60. The summed E-state index contributed by atoms with van der Waals surface area (Å²) in [5, 5.41) is 9.94. The largest absolute Gasteiger partial charge is 0.382 e. The van der Waals surface area contributed by atoms with Crippen molar-refractivity contribution in [2.75, 3.05) is 11.1 Å². The lowest BCUT2D eigenvalue weighted by atomic mass is 10.1. The van der Waals surface area contributed by atoms with E-state index in [4.69, 9.17) is 5.73 Å². The molecule has 15 heavy (non-hydrogen) atoms. The zero-order valence-corrected chi connectivity index (χ0v) is 9.71. The van der Waals surface area contributed by atoms with Gasteiger partial charge in [-0.15, -0.1) is 0 Å². The number of rotatable bonds is 7. The highest BCUT2D eigenvalue weighted by atomic mass is 15.2. The predicted molar refractivity (Wildman–Crippen MR) is 64.8 cm³/mol. The highest BCUT2D eigenvalue weighted by Crippen LogP contribution is 2.16. The number of H-pyrrole nitrogens is 1. The van der Waals surface area contributed by atoms with Gasteiger partial charge in [0.2, 0.25) is 0 Å². The van der Waals surface area contributed by atoms with Crippen LogP contribution in [0.15, 0.2) is 6.20 Å². The highest BCUT2D eigenvalue weighted by Gasteiger charge is 2.05. The lowest BCUT2D eigenvalue weighted by molar-refractivity contribution is 0.594. The first-order valence-electron chi connectivity index (χ1n) is 5.79. The van der Waals surface area contributed by atoms with Crippen molar-refractivity contribution in [1.82, 2.24) is 10.2 Å². The molecule has 0 fully saturated rings. The van der Waals surface area contributed by atoms with Gasteiger partial charge in [-0.3, -0.25) is 5.10 Å². The van der Waals surface area contributed by atoms with Crippen LogP contribution in [0.3, 0.4) is 0 Å². The zero-order valence-electron chi connectivity index (χ0n) is 9.71. The van der Waals surface area contributed by atoms with E-state index in [1.54, 1.807) is 6.20 Å². The fourth-order valence-electron chi connectivity index (χ4n) is 1.63. The quantitative estimate of drug-likeness (QED) is 0.606. The molecule has 0 aliphatic heterocycles. The first kappa shape index (κ1) is 11.9. The molecule has 1 unspecified atom stereocenters. The van der Waals surface area contributed by atoms with Gasteiger partial charge in [0.05, 0.1) is 11.9 Å². The first-order chi connectivity index (χ1) is 7.24. The minimum atomic E-state index is 0.460. The molecule has 0 aliphatic rings. The number of hydrogen-bond donors (Lipinski definition) is 3. The Bertz CT molecular complexity index is 269. The summed E-state index contributed by atoms with van der Waals surface area (Å²) in [6, 6.07) is 0.460. The summed E-state index contributed by atoms with van der Waals surface area (Å²) in [4.78, 5) is 0. The van der Waals surface area contributed by atoms with E-state index in [0.717, 1.165) is 5.69 Å². The van der Waals surface area contributed by atoms with Gasteiger partial charge in [-0.05, 0) is 13.3 Å². The van der Waals surface area contributed by atoms with Crippen molar-refractivity contribution in [3.8, 4) is 0 Å². The summed E-state index contributed by atoms with van der Waals surface area (Å²) in [5.74, 6) is 0.621. The van der Waals surface area contributed by atoms with Crippen LogP contribution in [0.25, 0.3) is 0 Å². The Labute approximate surface area is 91.6 Å². The lowest BCUT2D eigenvalue weighted by Crippen LogP contribution is -2.15. The summed E-state index contributed by atoms with van der Waals surface area (Å²) in [5.41, 5.74) is 6.60. The average molecular weight is 210 g/mol. The Morgan fingerprint density at radius 2 is 2.27 bits per heavy atom. The number of anilines is 2. The van der Waals surface area contributed by atoms with Crippen molar-refractivity contribution in [1.29, 1.82) is 0 Å². The van der Waals surface area contributed by atoms with Gasteiger partial charge in [-0.2, -0.15) is 5.10 Å². The smallest absolute Gasteiger partial charge is 0.142 e. The van der Waals surface area contributed by atoms with E-state index in [1.165, 1.54) is 32.1 Å². The normalized spacial score (nSPS) is 12.7. The van der Waals surface area contributed by atoms with Crippen LogP contribution in [0.2, 0.25) is 0 Å². The zero-order chi connectivity index (χ0) is 11.1. The van der Waals surface area contributed by atoms with Crippen LogP contribution in [-0.2, 0) is 0 Å². The van der Waals surface area contributed by atoms with Crippen molar-refractivity contribution >= 4 is 11.5 Å². The number of nitrogen functional groups attached to an aromatic ring is 1. The van der Waals surface area contributed by atoms with E-state index in [1.807, 2.05) is 0 Å². The summed E-state index contributed by atoms with van der Waals surface area (Å²) in [7, 11) is 0. The minimum Gasteiger partial charge on any atom is -0.382 e. The molecule has 4 nitrogen and oxygen atoms in total. The lowest BCUT2D eigenvalue weighted by Gasteiger charge is -2.13. The second-order valence-corrected chi connectivity index (χ2v) is 4.09. The van der Waals surface area contributed by atoms with Gasteiger partial charge < -0.3 is 11.1 Å². The molecule has 1 rings (SSSR count). The topological polar surface area (TPSA) is 66.7 Å². The van der Waals surface area contributed by atoms with Crippen molar-refractivity contribution in [2.45, 2.75) is 52.0 Å². The molecular weight excluding hydrogens is 188 g/mol. The van der Waals surface area contributed by atoms with Gasteiger partial charge in [-0.25, -0.2) is 0 Å². The van der Waals surface area contributed by atoms with E-state index in [9.17, 15) is 0 Å². The van der Waals surface area contributed by atoms with Gasteiger partial charge >= 0.3 is 0 Å². The number of nitrogens with one attached hydrogen (secondary N) is 2. The molecule has 4 N–H and O–H groups in total. The number of unbranched alkanes of at least 4 members (excludes halogenated alkanes) is 3. The van der Waals surface area contributed by atoms with Crippen LogP contribution < -0.4 is 11.1 Å². The molecular formula is C11H22N4. The van der Waals surface area contributed by atoms with Gasteiger partial charge in [0, 0.05) is 6.04 Å². The fourth-order valence-corrected chi connectivity index (χ4v) is 1.63. The van der Waals surface area contributed by atoms with Crippen molar-refractivity contribution < 1.29 is 0 Å². The molecule has 0 amide bonds. The van der Waals surface area contributed by atoms with Crippen LogP contribution in [0.4, 0.5) is 11.5 Å². The van der Waals surface area contributed by atoms with E-state index < -0.39 is 0 Å². The second kappa shape index (κ2) is 6.32. The molecule has 1 atom stereocenters. The van der Waals surface area contributed by atoms with Gasteiger partial charge in [0.1, 0.15) is 5.82 Å². The summed E-state index contributed by atoms with van der Waals surface area (Å²) in [6.07, 6.45) is 8.14. The molecule has 0 aromatic carbocycles. The van der Waals surface area contributed by atoms with Crippen molar-refractivity contribution in [2.24, 2.45) is 0 Å². The van der Waals surface area contributed by atoms with Crippen LogP contribution in [0, 0.1) is 0 Å². The van der Waals surface area contributed by atoms with Crippen molar-refractivity contribution in [3.05, 3.63) is 6.20 Å². The monoisotopic (exact) mass is 210 g/mol. The van der Waals surface area contributed by atoms with Gasteiger partial charge in [0.15, 0.2) is 0 Å². The van der Waals surface area contributed by atoms with E-state index >= 15 is 0 Å². The Balaban J connectivity index is 2.18. The summed E-state index contributed by atoms with van der Waals surface area (Å²) >= 11 is 0. The molecule has 0 saturated carbocycles. The average Bonchev–Trinajstić information content (AvgIpc) is 2.59. The maximum atomic E-state index is 5.68. The molecule has 1 aromatic rings. The molecule has 1 heterocycles. The Kier molecular flexibility index (Phi) is 5.01. The van der Waals surface area contributed by atoms with E-state index in [2.05, 4.69) is 29.4 Å². The second-order valence-electron chi connectivity index (χ2n) is 4.09. The SMILES string of the molecule is CCCCCCC(C)Nc1cn[nH]c1N. The number of nitrogens with zero attached hydrogens (tertiary/aromatic N) is 1. The van der Waals surface area contributed by atoms with Crippen LogP contribution >= 0.6 is 0 Å². The van der Waals surface area contributed by atoms with Crippen LogP contribution in [-0.4, -0.2) is 16.2 Å². The molecule has 86 valence electrons. The Morgan fingerprint density at radius 3 is 2.87 bits per heavy atom. The Hall–Kier alpha value is -1.19. The fraction of sp³-hybridized carbons (Fsp3) is 0.727. The van der Waals surface area contributed by atoms with Crippen LogP contribution in [0.1, 0.15) is 46.0 Å². The molecule has 0 bridgehead atoms.